The molecule has 2 aromatic heterocycles. The lowest BCUT2D eigenvalue weighted by Crippen LogP contribution is -2.35. The van der Waals surface area contributed by atoms with Gasteiger partial charge in [0.25, 0.3) is 0 Å². The Hall–Kier alpha value is -3.28. The highest BCUT2D eigenvalue weighted by Crippen LogP contribution is 2.43. The normalized spacial score (nSPS) is 18.1. The summed E-state index contributed by atoms with van der Waals surface area (Å²) in [6.45, 7) is 2.99. The first kappa shape index (κ1) is 15.9. The zero-order valence-corrected chi connectivity index (χ0v) is 15.7. The lowest BCUT2D eigenvalue weighted by Gasteiger charge is -2.28. The summed E-state index contributed by atoms with van der Waals surface area (Å²) in [6.07, 6.45) is 3.92. The van der Waals surface area contributed by atoms with E-state index >= 15 is 0 Å². The predicted molar refractivity (Wildman–Crippen MR) is 110 cm³/mol. The highest BCUT2D eigenvalue weighted by Gasteiger charge is 2.33. The fraction of sp³-hybridized carbons (Fsp3) is 0.238. The topological polar surface area (TPSA) is 38.7 Å². The number of fused-ring (bicyclic) bond motifs is 2. The van der Waals surface area contributed by atoms with E-state index in [4.69, 9.17) is 0 Å². The number of rotatable bonds is 2. The minimum atomic E-state index is 0.205. The Bertz CT molecular complexity index is 1000. The average Bonchev–Trinajstić information content (AvgIpc) is 3.17. The van der Waals surface area contributed by atoms with Gasteiger partial charge in [-0.1, -0.05) is 6.07 Å². The van der Waals surface area contributed by atoms with Crippen LogP contribution in [0.4, 0.5) is 34.4 Å². The third-order valence-electron chi connectivity index (χ3n) is 5.51. The monoisotopic (exact) mass is 358 g/mol. The van der Waals surface area contributed by atoms with E-state index in [2.05, 4.69) is 87.0 Å². The number of nitrogens with zero attached hydrogens (tertiary/aromatic N) is 6. The fourth-order valence-electron chi connectivity index (χ4n) is 4.00. The maximum atomic E-state index is 4.64. The minimum Gasteiger partial charge on any atom is -0.354 e. The van der Waals surface area contributed by atoms with Crippen LogP contribution >= 0.6 is 0 Å². The quantitative estimate of drug-likeness (QED) is 0.691. The van der Waals surface area contributed by atoms with Crippen molar-refractivity contribution >= 4 is 34.4 Å². The molecule has 2 aliphatic heterocycles. The van der Waals surface area contributed by atoms with Gasteiger partial charge in [0.2, 0.25) is 0 Å². The van der Waals surface area contributed by atoms with Crippen LogP contribution in [0.5, 0.6) is 0 Å². The van der Waals surface area contributed by atoms with Gasteiger partial charge in [-0.3, -0.25) is 0 Å². The third kappa shape index (κ3) is 2.33. The molecule has 4 heterocycles. The van der Waals surface area contributed by atoms with E-state index < -0.39 is 0 Å². The Morgan fingerprint density at radius 3 is 2.37 bits per heavy atom. The molecular weight excluding hydrogens is 336 g/mol. The van der Waals surface area contributed by atoms with Gasteiger partial charge in [0.1, 0.15) is 6.17 Å². The summed E-state index contributed by atoms with van der Waals surface area (Å²) in [6, 6.07) is 16.8. The van der Waals surface area contributed by atoms with E-state index in [0.717, 1.165) is 41.1 Å². The number of hydrogen-bond donors (Lipinski definition) is 0. The van der Waals surface area contributed by atoms with E-state index in [-0.39, 0.29) is 6.17 Å². The first-order valence-electron chi connectivity index (χ1n) is 9.16. The fourth-order valence-corrected chi connectivity index (χ4v) is 4.00. The summed E-state index contributed by atoms with van der Waals surface area (Å²) >= 11 is 0. The molecule has 0 N–H and O–H groups in total. The molecule has 0 aliphatic carbocycles. The summed E-state index contributed by atoms with van der Waals surface area (Å²) < 4.78 is 0. The van der Waals surface area contributed by atoms with Crippen molar-refractivity contribution in [3.8, 4) is 0 Å². The second-order valence-electron chi connectivity index (χ2n) is 7.09. The van der Waals surface area contributed by atoms with E-state index in [9.17, 15) is 0 Å². The van der Waals surface area contributed by atoms with Crippen LogP contribution in [0.1, 0.15) is 6.92 Å². The van der Waals surface area contributed by atoms with Gasteiger partial charge in [0, 0.05) is 37.9 Å². The molecule has 6 nitrogen and oxygen atoms in total. The Kier molecular flexibility index (Phi) is 3.47. The van der Waals surface area contributed by atoms with Gasteiger partial charge >= 0.3 is 0 Å². The lowest BCUT2D eigenvalue weighted by molar-refractivity contribution is 0.731. The molecule has 0 unspecified atom stereocenters. The summed E-state index contributed by atoms with van der Waals surface area (Å²) in [5.41, 5.74) is 4.58. The van der Waals surface area contributed by atoms with Crippen molar-refractivity contribution in [2.75, 3.05) is 40.4 Å². The average molecular weight is 358 g/mol. The Morgan fingerprint density at radius 2 is 1.56 bits per heavy atom. The summed E-state index contributed by atoms with van der Waals surface area (Å²) in [7, 11) is 4.21. The number of pyridine rings is 2. The largest absolute Gasteiger partial charge is 0.354 e. The van der Waals surface area contributed by atoms with Crippen molar-refractivity contribution in [3.05, 3.63) is 60.9 Å². The Morgan fingerprint density at radius 1 is 0.852 bits per heavy atom. The third-order valence-corrected chi connectivity index (χ3v) is 5.51. The van der Waals surface area contributed by atoms with Gasteiger partial charge in [-0.15, -0.1) is 0 Å². The maximum Gasteiger partial charge on any atom is 0.158 e. The van der Waals surface area contributed by atoms with Crippen molar-refractivity contribution in [2.45, 2.75) is 13.1 Å². The van der Waals surface area contributed by atoms with Crippen LogP contribution in [0.3, 0.4) is 0 Å². The summed E-state index contributed by atoms with van der Waals surface area (Å²) in [5, 5.41) is 0. The summed E-state index contributed by atoms with van der Waals surface area (Å²) in [5.74, 6) is 2.00. The molecule has 0 saturated heterocycles. The van der Waals surface area contributed by atoms with E-state index in [1.54, 1.807) is 0 Å². The smallest absolute Gasteiger partial charge is 0.158 e. The summed E-state index contributed by atoms with van der Waals surface area (Å²) in [4.78, 5) is 18.3. The van der Waals surface area contributed by atoms with Gasteiger partial charge < -0.3 is 19.6 Å². The van der Waals surface area contributed by atoms with Crippen LogP contribution in [0.25, 0.3) is 0 Å². The second kappa shape index (κ2) is 5.87. The molecule has 2 aliphatic rings. The first-order chi connectivity index (χ1) is 13.1. The predicted octanol–water partition coefficient (Wildman–Crippen LogP) is 3.96. The molecular formula is C21H22N6. The van der Waals surface area contributed by atoms with Crippen molar-refractivity contribution in [2.24, 2.45) is 0 Å². The molecule has 0 bridgehead atoms. The number of aromatic nitrogens is 2. The molecule has 5 rings (SSSR count). The Labute approximate surface area is 159 Å². The maximum absolute atomic E-state index is 4.64. The van der Waals surface area contributed by atoms with Gasteiger partial charge in [0.05, 0.1) is 18.0 Å². The molecule has 27 heavy (non-hydrogen) atoms. The molecule has 136 valence electrons. The van der Waals surface area contributed by atoms with Gasteiger partial charge in [-0.2, -0.15) is 0 Å². The molecule has 0 fully saturated rings. The van der Waals surface area contributed by atoms with Crippen LogP contribution in [-0.4, -0.2) is 36.9 Å². The molecule has 1 aromatic carbocycles. The van der Waals surface area contributed by atoms with Gasteiger partial charge in [-0.25, -0.2) is 9.97 Å². The molecule has 0 spiro atoms. The molecule has 1 atom stereocenters. The van der Waals surface area contributed by atoms with Gasteiger partial charge in [-0.05, 0) is 49.4 Å². The van der Waals surface area contributed by atoms with Crippen LogP contribution in [-0.2, 0) is 0 Å². The first-order valence-corrected chi connectivity index (χ1v) is 9.16. The molecule has 0 amide bonds. The highest BCUT2D eigenvalue weighted by molar-refractivity contribution is 5.84. The zero-order valence-electron chi connectivity index (χ0n) is 15.7. The van der Waals surface area contributed by atoms with Crippen LogP contribution < -0.4 is 19.6 Å². The van der Waals surface area contributed by atoms with Crippen molar-refractivity contribution < 1.29 is 0 Å². The number of anilines is 6. The van der Waals surface area contributed by atoms with Crippen molar-refractivity contribution in [1.82, 2.24) is 9.97 Å². The SMILES string of the molecule is C[C@@H]1N(C)c2cccnc2N1c1cccc(N2CN(C)c3cccnc32)c1. The molecule has 0 radical (unpaired) electrons. The van der Waals surface area contributed by atoms with E-state index in [1.165, 1.54) is 0 Å². The van der Waals surface area contributed by atoms with Crippen LogP contribution in [0.15, 0.2) is 60.9 Å². The van der Waals surface area contributed by atoms with E-state index in [1.807, 2.05) is 24.5 Å². The van der Waals surface area contributed by atoms with Crippen LogP contribution in [0.2, 0.25) is 0 Å². The highest BCUT2D eigenvalue weighted by atomic mass is 15.4. The van der Waals surface area contributed by atoms with Crippen molar-refractivity contribution in [3.63, 3.8) is 0 Å². The molecule has 3 aromatic rings. The van der Waals surface area contributed by atoms with Crippen molar-refractivity contribution in [1.29, 1.82) is 0 Å². The molecule has 0 saturated carbocycles. The molecule has 6 heteroatoms. The zero-order chi connectivity index (χ0) is 18.5. The number of hydrogen-bond acceptors (Lipinski definition) is 6. The second-order valence-corrected chi connectivity index (χ2v) is 7.09. The number of benzene rings is 1. The Balaban J connectivity index is 1.56. The van der Waals surface area contributed by atoms with E-state index in [0.29, 0.717) is 0 Å². The van der Waals surface area contributed by atoms with Crippen LogP contribution in [0, 0.1) is 0 Å². The van der Waals surface area contributed by atoms with Gasteiger partial charge in [0.15, 0.2) is 11.6 Å². The standard InChI is InChI=1S/C21H22N6/c1-15-25(3)19-10-6-12-23-21(19)27(15)17-8-4-7-16(13-17)26-14-24(2)18-9-5-11-22-20(18)26/h4-13,15H,14H2,1-3H3/t15-/m1/s1. The lowest BCUT2D eigenvalue weighted by atomic mass is 10.2. The minimum absolute atomic E-state index is 0.205.